The maximum atomic E-state index is 12.8. The molecule has 1 fully saturated rings. The molecule has 0 saturated carbocycles. The monoisotopic (exact) mass is 348 g/mol. The van der Waals surface area contributed by atoms with Crippen molar-refractivity contribution in [1.29, 1.82) is 0 Å². The minimum Gasteiger partial charge on any atom is -0.338 e. The lowest BCUT2D eigenvalue weighted by atomic mass is 9.94. The quantitative estimate of drug-likeness (QED) is 0.757. The van der Waals surface area contributed by atoms with Crippen LogP contribution in [0.3, 0.4) is 0 Å². The van der Waals surface area contributed by atoms with Crippen LogP contribution in [0.2, 0.25) is 0 Å². The number of aromatic amines is 1. The number of nitrogens with zero attached hydrogens (tertiary/aromatic N) is 4. The van der Waals surface area contributed by atoms with E-state index in [0.29, 0.717) is 24.0 Å². The van der Waals surface area contributed by atoms with Gasteiger partial charge in [-0.25, -0.2) is 9.97 Å². The molecule has 1 saturated heterocycles. The molecule has 0 spiro atoms. The summed E-state index contributed by atoms with van der Waals surface area (Å²) < 4.78 is 0. The van der Waals surface area contributed by atoms with Gasteiger partial charge >= 0.3 is 0 Å². The fraction of sp³-hybridized carbons (Fsp3) is 0.263. The molecule has 2 N–H and O–H groups in total. The summed E-state index contributed by atoms with van der Waals surface area (Å²) in [5.41, 5.74) is 2.50. The molecule has 2 aromatic heterocycles. The summed E-state index contributed by atoms with van der Waals surface area (Å²) in [5, 5.41) is 10.1. The standard InChI is InChI=1S/C19H20N6O/c26-18(25-10-4-5-14(13-25)17-8-9-22-24-17)15-11-20-19(21-12-15)23-16-6-2-1-3-7-16/h1-3,6-9,11-12,14H,4-5,10,13H2,(H,22,24)(H,20,21,23)/t14-/m1/s1. The summed E-state index contributed by atoms with van der Waals surface area (Å²) in [6.45, 7) is 1.44. The number of piperidine rings is 1. The first-order valence-electron chi connectivity index (χ1n) is 8.72. The van der Waals surface area contributed by atoms with E-state index in [2.05, 4.69) is 25.5 Å². The predicted molar refractivity (Wildman–Crippen MR) is 98.2 cm³/mol. The van der Waals surface area contributed by atoms with Crippen molar-refractivity contribution in [2.45, 2.75) is 18.8 Å². The summed E-state index contributed by atoms with van der Waals surface area (Å²) in [6, 6.07) is 11.7. The Hall–Kier alpha value is -3.22. The summed E-state index contributed by atoms with van der Waals surface area (Å²) in [7, 11) is 0. The van der Waals surface area contributed by atoms with E-state index in [0.717, 1.165) is 30.8 Å². The van der Waals surface area contributed by atoms with Crippen molar-refractivity contribution in [2.75, 3.05) is 18.4 Å². The lowest BCUT2D eigenvalue weighted by Crippen LogP contribution is -2.39. The third-order valence-corrected chi connectivity index (χ3v) is 4.60. The molecule has 1 aromatic carbocycles. The van der Waals surface area contributed by atoms with Gasteiger partial charge in [-0.1, -0.05) is 18.2 Å². The Morgan fingerprint density at radius 1 is 1.15 bits per heavy atom. The smallest absolute Gasteiger partial charge is 0.257 e. The van der Waals surface area contributed by atoms with Gasteiger partial charge in [-0.15, -0.1) is 0 Å². The Morgan fingerprint density at radius 3 is 2.69 bits per heavy atom. The number of hydrogen-bond donors (Lipinski definition) is 2. The second-order valence-corrected chi connectivity index (χ2v) is 6.39. The number of H-pyrrole nitrogens is 1. The van der Waals surface area contributed by atoms with Gasteiger partial charge in [0.05, 0.1) is 5.56 Å². The Morgan fingerprint density at radius 2 is 1.96 bits per heavy atom. The van der Waals surface area contributed by atoms with Crippen LogP contribution in [0, 0.1) is 0 Å². The molecule has 3 aromatic rings. The van der Waals surface area contributed by atoms with Crippen LogP contribution < -0.4 is 5.32 Å². The van der Waals surface area contributed by atoms with Crippen LogP contribution in [0.1, 0.15) is 34.8 Å². The van der Waals surface area contributed by atoms with Crippen LogP contribution in [-0.4, -0.2) is 44.1 Å². The number of nitrogens with one attached hydrogen (secondary N) is 2. The fourth-order valence-corrected chi connectivity index (χ4v) is 3.25. The molecular formula is C19H20N6O. The number of carbonyl (C=O) groups excluding carboxylic acids is 1. The van der Waals surface area contributed by atoms with Crippen LogP contribution in [0.25, 0.3) is 0 Å². The van der Waals surface area contributed by atoms with E-state index in [1.165, 1.54) is 0 Å². The number of hydrogen-bond acceptors (Lipinski definition) is 5. The van der Waals surface area contributed by atoms with Gasteiger partial charge in [-0.3, -0.25) is 9.89 Å². The van der Waals surface area contributed by atoms with E-state index in [4.69, 9.17) is 0 Å². The van der Waals surface area contributed by atoms with Crippen molar-refractivity contribution < 1.29 is 4.79 Å². The second kappa shape index (κ2) is 7.35. The van der Waals surface area contributed by atoms with Crippen LogP contribution in [0.4, 0.5) is 11.6 Å². The molecule has 0 aliphatic carbocycles. The molecule has 1 atom stereocenters. The normalized spacial score (nSPS) is 17.1. The van der Waals surface area contributed by atoms with Gasteiger partial charge in [-0.2, -0.15) is 5.10 Å². The largest absolute Gasteiger partial charge is 0.338 e. The zero-order valence-electron chi connectivity index (χ0n) is 14.3. The third kappa shape index (κ3) is 3.56. The molecule has 7 nitrogen and oxygen atoms in total. The zero-order valence-corrected chi connectivity index (χ0v) is 14.3. The van der Waals surface area contributed by atoms with Crippen LogP contribution in [0.5, 0.6) is 0 Å². The number of likely N-dealkylation sites (tertiary alicyclic amines) is 1. The highest BCUT2D eigenvalue weighted by Gasteiger charge is 2.26. The molecule has 26 heavy (non-hydrogen) atoms. The lowest BCUT2D eigenvalue weighted by molar-refractivity contribution is 0.0705. The number of benzene rings is 1. The summed E-state index contributed by atoms with van der Waals surface area (Å²) >= 11 is 0. The highest BCUT2D eigenvalue weighted by atomic mass is 16.2. The van der Waals surface area contributed by atoms with Crippen LogP contribution in [0.15, 0.2) is 55.0 Å². The van der Waals surface area contributed by atoms with Gasteiger partial charge in [0.15, 0.2) is 0 Å². The zero-order chi connectivity index (χ0) is 17.8. The van der Waals surface area contributed by atoms with E-state index in [1.807, 2.05) is 41.3 Å². The first-order valence-corrected chi connectivity index (χ1v) is 8.72. The first kappa shape index (κ1) is 16.3. The number of carbonyl (C=O) groups is 1. The third-order valence-electron chi connectivity index (χ3n) is 4.60. The average Bonchev–Trinajstić information content (AvgIpc) is 3.24. The van der Waals surface area contributed by atoms with Gasteiger partial charge in [0.2, 0.25) is 5.95 Å². The number of anilines is 2. The van der Waals surface area contributed by atoms with E-state index in [1.54, 1.807) is 18.6 Å². The molecule has 1 aliphatic heterocycles. The van der Waals surface area contributed by atoms with Crippen molar-refractivity contribution in [1.82, 2.24) is 25.1 Å². The lowest BCUT2D eigenvalue weighted by Gasteiger charge is -2.32. The maximum Gasteiger partial charge on any atom is 0.257 e. The topological polar surface area (TPSA) is 86.8 Å². The highest BCUT2D eigenvalue weighted by Crippen LogP contribution is 2.26. The average molecular weight is 348 g/mol. The number of rotatable bonds is 4. The molecule has 3 heterocycles. The van der Waals surface area contributed by atoms with Gasteiger partial charge in [0, 0.05) is 49.0 Å². The summed E-state index contributed by atoms with van der Waals surface area (Å²) in [6.07, 6.45) is 6.95. The second-order valence-electron chi connectivity index (χ2n) is 6.39. The molecule has 0 bridgehead atoms. The van der Waals surface area contributed by atoms with Gasteiger partial charge in [0.1, 0.15) is 0 Å². The molecule has 0 radical (unpaired) electrons. The minimum absolute atomic E-state index is 0.0273. The molecular weight excluding hydrogens is 328 g/mol. The SMILES string of the molecule is O=C(c1cnc(Nc2ccccc2)nc1)N1CCC[C@@H](c2ccn[nH]2)C1. The molecule has 132 valence electrons. The highest BCUT2D eigenvalue weighted by molar-refractivity contribution is 5.93. The van der Waals surface area contributed by atoms with E-state index in [9.17, 15) is 4.79 Å². The van der Waals surface area contributed by atoms with E-state index in [-0.39, 0.29) is 5.91 Å². The van der Waals surface area contributed by atoms with Gasteiger partial charge < -0.3 is 10.2 Å². The Bertz CT molecular complexity index is 848. The molecule has 0 unspecified atom stereocenters. The summed E-state index contributed by atoms with van der Waals surface area (Å²) in [5.74, 6) is 0.748. The Labute approximate surface area is 151 Å². The van der Waals surface area contributed by atoms with Crippen molar-refractivity contribution in [3.63, 3.8) is 0 Å². The Kier molecular flexibility index (Phi) is 4.59. The van der Waals surface area contributed by atoms with Gasteiger partial charge in [-0.05, 0) is 31.0 Å². The van der Waals surface area contributed by atoms with Crippen molar-refractivity contribution in [3.8, 4) is 0 Å². The maximum absolute atomic E-state index is 12.8. The van der Waals surface area contributed by atoms with Gasteiger partial charge in [0.25, 0.3) is 5.91 Å². The first-order chi connectivity index (χ1) is 12.8. The van der Waals surface area contributed by atoms with Crippen LogP contribution >= 0.6 is 0 Å². The predicted octanol–water partition coefficient (Wildman–Crippen LogP) is 2.96. The fourth-order valence-electron chi connectivity index (χ4n) is 3.25. The summed E-state index contributed by atoms with van der Waals surface area (Å²) in [4.78, 5) is 23.2. The molecule has 1 amide bonds. The molecule has 1 aliphatic rings. The van der Waals surface area contributed by atoms with Crippen LogP contribution in [-0.2, 0) is 0 Å². The minimum atomic E-state index is -0.0273. The molecule has 7 heteroatoms. The van der Waals surface area contributed by atoms with E-state index >= 15 is 0 Å². The number of para-hydroxylation sites is 1. The number of aromatic nitrogens is 4. The number of amides is 1. The van der Waals surface area contributed by atoms with E-state index < -0.39 is 0 Å². The van der Waals surface area contributed by atoms with Crippen molar-refractivity contribution in [3.05, 3.63) is 66.2 Å². The molecule has 4 rings (SSSR count). The van der Waals surface area contributed by atoms with Crippen molar-refractivity contribution >= 4 is 17.5 Å². The van der Waals surface area contributed by atoms with Crippen molar-refractivity contribution in [2.24, 2.45) is 0 Å². The Balaban J connectivity index is 1.43.